The fourth-order valence-electron chi connectivity index (χ4n) is 2.61. The number of fused-ring (bicyclic) bond motifs is 3. The molecule has 1 aromatic carbocycles. The zero-order chi connectivity index (χ0) is 16.1. The molecule has 7 heteroatoms. The molecule has 5 nitrogen and oxygen atoms in total. The summed E-state index contributed by atoms with van der Waals surface area (Å²) in [7, 11) is 0. The molecule has 0 aliphatic carbocycles. The molecule has 0 amide bonds. The third-order valence-electron chi connectivity index (χ3n) is 3.66. The van der Waals surface area contributed by atoms with Gasteiger partial charge in [0.05, 0.1) is 11.2 Å². The molecule has 0 fully saturated rings. The van der Waals surface area contributed by atoms with Gasteiger partial charge in [0.1, 0.15) is 15.3 Å². The quantitative estimate of drug-likeness (QED) is 0.564. The number of nitrogens with one attached hydrogen (secondary N) is 2. The van der Waals surface area contributed by atoms with Crippen LogP contribution in [0.15, 0.2) is 39.9 Å². The Bertz CT molecular complexity index is 1170. The first kappa shape index (κ1) is 13.8. The van der Waals surface area contributed by atoms with Crippen molar-refractivity contribution in [3.63, 3.8) is 0 Å². The number of hydrogen-bond acceptors (Lipinski definition) is 4. The molecule has 0 saturated carbocycles. The van der Waals surface area contributed by atoms with Crippen LogP contribution < -0.4 is 11.2 Å². The number of rotatable bonds is 1. The molecule has 3 aromatic heterocycles. The molecule has 0 aliphatic heterocycles. The fraction of sp³-hybridized carbons (Fsp3) is 0.0625. The Morgan fingerprint density at radius 1 is 1.13 bits per heavy atom. The zero-order valence-electron chi connectivity index (χ0n) is 11.9. The van der Waals surface area contributed by atoms with Crippen LogP contribution in [-0.4, -0.2) is 15.0 Å². The van der Waals surface area contributed by atoms with Gasteiger partial charge in [0.15, 0.2) is 0 Å². The monoisotopic (exact) mass is 327 g/mol. The van der Waals surface area contributed by atoms with Crippen LogP contribution in [-0.2, 0) is 0 Å². The summed E-state index contributed by atoms with van der Waals surface area (Å²) >= 11 is 1.22. The predicted octanol–water partition coefficient (Wildman–Crippen LogP) is 2.94. The first-order valence-corrected chi connectivity index (χ1v) is 7.67. The summed E-state index contributed by atoms with van der Waals surface area (Å²) in [6.45, 7) is 1.89. The number of aromatic amines is 2. The lowest BCUT2D eigenvalue weighted by Gasteiger charge is -2.05. The number of H-pyrrole nitrogens is 2. The highest BCUT2D eigenvalue weighted by Crippen LogP contribution is 2.32. The molecule has 2 N–H and O–H groups in total. The van der Waals surface area contributed by atoms with Crippen molar-refractivity contribution in [1.29, 1.82) is 0 Å². The van der Waals surface area contributed by atoms with Crippen LogP contribution in [0.2, 0.25) is 0 Å². The third kappa shape index (κ3) is 2.17. The van der Waals surface area contributed by atoms with Gasteiger partial charge >= 0.3 is 5.69 Å². The van der Waals surface area contributed by atoms with Gasteiger partial charge in [-0.25, -0.2) is 14.2 Å². The number of hydrogen-bond donors (Lipinski definition) is 2. The number of nitrogens with zero attached hydrogens (tertiary/aromatic N) is 1. The Balaban J connectivity index is 2.06. The second-order valence-corrected chi connectivity index (χ2v) is 6.23. The smallest absolute Gasteiger partial charge is 0.305 e. The highest BCUT2D eigenvalue weighted by atomic mass is 32.1. The molecule has 0 bridgehead atoms. The van der Waals surface area contributed by atoms with E-state index in [0.717, 1.165) is 22.2 Å². The van der Waals surface area contributed by atoms with Crippen molar-refractivity contribution in [2.45, 2.75) is 6.92 Å². The molecular weight excluding hydrogens is 317 g/mol. The largest absolute Gasteiger partial charge is 0.326 e. The maximum Gasteiger partial charge on any atom is 0.326 e. The van der Waals surface area contributed by atoms with E-state index in [-0.39, 0.29) is 5.82 Å². The lowest BCUT2D eigenvalue weighted by molar-refractivity contribution is 0.628. The van der Waals surface area contributed by atoms with Gasteiger partial charge in [-0.1, -0.05) is 0 Å². The number of benzene rings is 1. The first-order chi connectivity index (χ1) is 11.0. The molecule has 23 heavy (non-hydrogen) atoms. The lowest BCUT2D eigenvalue weighted by atomic mass is 10.1. The summed E-state index contributed by atoms with van der Waals surface area (Å²) in [5.41, 5.74) is 1.94. The number of aromatic nitrogens is 3. The van der Waals surface area contributed by atoms with E-state index in [2.05, 4.69) is 15.0 Å². The molecule has 0 unspecified atom stereocenters. The number of aryl methyl sites for hydroxylation is 1. The average molecular weight is 327 g/mol. The maximum atomic E-state index is 13.1. The zero-order valence-corrected chi connectivity index (χ0v) is 12.8. The van der Waals surface area contributed by atoms with Gasteiger partial charge in [-0.2, -0.15) is 0 Å². The van der Waals surface area contributed by atoms with E-state index in [0.29, 0.717) is 15.0 Å². The summed E-state index contributed by atoms with van der Waals surface area (Å²) in [6.07, 6.45) is 0. The number of thiophene rings is 1. The highest BCUT2D eigenvalue weighted by Gasteiger charge is 2.14. The van der Waals surface area contributed by atoms with Gasteiger partial charge < -0.3 is 4.98 Å². The standard InChI is InChI=1S/C16H10FN3O2S/c1-7-6-10-12-13(14(21)20-16(22)19-12)23-15(10)18-11(7)8-2-4-9(17)5-3-8/h2-6H,1H3,(H2,19,20,21,22). The van der Waals surface area contributed by atoms with Gasteiger partial charge in [0, 0.05) is 10.9 Å². The van der Waals surface area contributed by atoms with Crippen molar-refractivity contribution in [2.24, 2.45) is 0 Å². The van der Waals surface area contributed by atoms with Crippen molar-refractivity contribution in [1.82, 2.24) is 15.0 Å². The van der Waals surface area contributed by atoms with Crippen LogP contribution in [0.5, 0.6) is 0 Å². The Labute approximate surface area is 132 Å². The van der Waals surface area contributed by atoms with Crippen LogP contribution in [0.3, 0.4) is 0 Å². The molecule has 0 radical (unpaired) electrons. The van der Waals surface area contributed by atoms with E-state index in [1.165, 1.54) is 23.5 Å². The van der Waals surface area contributed by atoms with E-state index in [4.69, 9.17) is 0 Å². The second-order valence-electron chi connectivity index (χ2n) is 5.23. The van der Waals surface area contributed by atoms with Gasteiger partial charge in [0.2, 0.25) is 0 Å². The van der Waals surface area contributed by atoms with Crippen molar-refractivity contribution >= 4 is 31.8 Å². The van der Waals surface area contributed by atoms with Crippen molar-refractivity contribution in [2.75, 3.05) is 0 Å². The van der Waals surface area contributed by atoms with Gasteiger partial charge in [0.25, 0.3) is 5.56 Å². The van der Waals surface area contributed by atoms with Crippen molar-refractivity contribution in [3.8, 4) is 11.3 Å². The molecular formula is C16H10FN3O2S. The van der Waals surface area contributed by atoms with E-state index >= 15 is 0 Å². The summed E-state index contributed by atoms with van der Waals surface area (Å²) in [4.78, 5) is 33.5. The van der Waals surface area contributed by atoms with Crippen LogP contribution in [0, 0.1) is 12.7 Å². The molecule has 4 rings (SSSR count). The van der Waals surface area contributed by atoms with Crippen LogP contribution in [0.1, 0.15) is 5.56 Å². The summed E-state index contributed by atoms with van der Waals surface area (Å²) in [5, 5.41) is 0.733. The molecule has 0 spiro atoms. The lowest BCUT2D eigenvalue weighted by Crippen LogP contribution is -2.20. The van der Waals surface area contributed by atoms with Crippen molar-refractivity contribution < 1.29 is 4.39 Å². The van der Waals surface area contributed by atoms with E-state index in [1.807, 2.05) is 13.0 Å². The normalized spacial score (nSPS) is 11.4. The first-order valence-electron chi connectivity index (χ1n) is 6.85. The number of halogens is 1. The van der Waals surface area contributed by atoms with Crippen molar-refractivity contribution in [3.05, 3.63) is 62.6 Å². The average Bonchev–Trinajstić information content (AvgIpc) is 2.86. The molecule has 0 atom stereocenters. The molecule has 114 valence electrons. The SMILES string of the molecule is Cc1cc2c(nc1-c1ccc(F)cc1)sc1c(=O)[nH]c(=O)[nH]c12. The minimum absolute atomic E-state index is 0.307. The van der Waals surface area contributed by atoms with E-state index in [9.17, 15) is 14.0 Å². The Morgan fingerprint density at radius 2 is 1.87 bits per heavy atom. The Kier molecular flexibility index (Phi) is 2.92. The second kappa shape index (κ2) is 4.85. The minimum Gasteiger partial charge on any atom is -0.305 e. The number of pyridine rings is 1. The minimum atomic E-state index is -0.539. The maximum absolute atomic E-state index is 13.1. The highest BCUT2D eigenvalue weighted by molar-refractivity contribution is 7.25. The summed E-state index contributed by atoms with van der Waals surface area (Å²) in [6, 6.07) is 7.98. The van der Waals surface area contributed by atoms with E-state index in [1.54, 1.807) is 12.1 Å². The Hall–Kier alpha value is -2.80. The molecule has 0 saturated heterocycles. The Morgan fingerprint density at radius 3 is 2.61 bits per heavy atom. The molecule has 4 aromatic rings. The van der Waals surface area contributed by atoms with Crippen LogP contribution >= 0.6 is 11.3 Å². The van der Waals surface area contributed by atoms with Crippen LogP contribution in [0.4, 0.5) is 4.39 Å². The molecule has 3 heterocycles. The van der Waals surface area contributed by atoms with Gasteiger partial charge in [-0.3, -0.25) is 9.78 Å². The summed E-state index contributed by atoms with van der Waals surface area (Å²) < 4.78 is 13.5. The fourth-order valence-corrected chi connectivity index (χ4v) is 3.62. The summed E-state index contributed by atoms with van der Waals surface area (Å²) in [5.74, 6) is -0.307. The predicted molar refractivity (Wildman–Crippen MR) is 88.5 cm³/mol. The molecule has 0 aliphatic rings. The van der Waals surface area contributed by atoms with E-state index < -0.39 is 11.2 Å². The topological polar surface area (TPSA) is 78.6 Å². The van der Waals surface area contributed by atoms with Gasteiger partial charge in [-0.15, -0.1) is 11.3 Å². The third-order valence-corrected chi connectivity index (χ3v) is 4.76. The van der Waals surface area contributed by atoms with Gasteiger partial charge in [-0.05, 0) is 42.8 Å². The van der Waals surface area contributed by atoms with Crippen LogP contribution in [0.25, 0.3) is 31.7 Å².